The lowest BCUT2D eigenvalue weighted by molar-refractivity contribution is 0.0998. The van der Waals surface area contributed by atoms with Gasteiger partial charge in [0.05, 0.1) is 17.6 Å². The van der Waals surface area contributed by atoms with E-state index in [2.05, 4.69) is 10.3 Å². The number of halogens is 1. The number of thiophene rings is 1. The predicted molar refractivity (Wildman–Crippen MR) is 139 cm³/mol. The van der Waals surface area contributed by atoms with Crippen molar-refractivity contribution in [1.82, 2.24) is 14.9 Å². The predicted octanol–water partition coefficient (Wildman–Crippen LogP) is 5.36. The molecule has 0 bridgehead atoms. The van der Waals surface area contributed by atoms with Gasteiger partial charge in [-0.15, -0.1) is 11.3 Å². The van der Waals surface area contributed by atoms with E-state index in [1.165, 1.54) is 24.2 Å². The largest absolute Gasteiger partial charge is 0.493 e. The lowest BCUT2D eigenvalue weighted by Gasteiger charge is -2.22. The molecule has 7 nitrogen and oxygen atoms in total. The van der Waals surface area contributed by atoms with E-state index in [4.69, 9.17) is 26.8 Å². The normalized spacial score (nSPS) is 16.8. The SMILES string of the molecule is CC(Oc1cc(-n2cnc3ccc(OCC4CCCNC4)cc32)sc1C(N)=O)c1ccccc1Cl. The van der Waals surface area contributed by atoms with Gasteiger partial charge in [-0.25, -0.2) is 4.98 Å². The highest BCUT2D eigenvalue weighted by Gasteiger charge is 2.21. The van der Waals surface area contributed by atoms with Crippen LogP contribution in [0.1, 0.15) is 41.1 Å². The first-order valence-electron chi connectivity index (χ1n) is 11.7. The Kier molecular flexibility index (Phi) is 6.95. The zero-order chi connectivity index (χ0) is 24.4. The molecule has 3 N–H and O–H groups in total. The Morgan fingerprint density at radius 1 is 1.31 bits per heavy atom. The van der Waals surface area contributed by atoms with Gasteiger partial charge in [0, 0.05) is 35.2 Å². The van der Waals surface area contributed by atoms with E-state index in [1.807, 2.05) is 60.0 Å². The molecule has 2 aromatic carbocycles. The highest BCUT2D eigenvalue weighted by Crippen LogP contribution is 2.37. The summed E-state index contributed by atoms with van der Waals surface area (Å²) in [6.45, 7) is 4.63. The second-order valence-electron chi connectivity index (χ2n) is 8.71. The molecule has 5 rings (SSSR count). The van der Waals surface area contributed by atoms with Crippen molar-refractivity contribution in [3.05, 3.63) is 70.3 Å². The smallest absolute Gasteiger partial charge is 0.262 e. The number of hydrogen-bond acceptors (Lipinski definition) is 6. The van der Waals surface area contributed by atoms with Crippen LogP contribution in [0.4, 0.5) is 0 Å². The molecule has 182 valence electrons. The molecule has 0 spiro atoms. The monoisotopic (exact) mass is 510 g/mol. The summed E-state index contributed by atoms with van der Waals surface area (Å²) in [4.78, 5) is 17.1. The van der Waals surface area contributed by atoms with E-state index in [0.29, 0.717) is 28.2 Å². The summed E-state index contributed by atoms with van der Waals surface area (Å²) in [5.74, 6) is 1.18. The van der Waals surface area contributed by atoms with Crippen LogP contribution < -0.4 is 20.5 Å². The van der Waals surface area contributed by atoms with Gasteiger partial charge in [0.1, 0.15) is 33.8 Å². The molecule has 1 saturated heterocycles. The Morgan fingerprint density at radius 3 is 2.94 bits per heavy atom. The first-order valence-corrected chi connectivity index (χ1v) is 12.8. The lowest BCUT2D eigenvalue weighted by Crippen LogP contribution is -2.33. The highest BCUT2D eigenvalue weighted by atomic mass is 35.5. The van der Waals surface area contributed by atoms with Gasteiger partial charge in [-0.05, 0) is 44.5 Å². The van der Waals surface area contributed by atoms with Gasteiger partial charge < -0.3 is 20.5 Å². The molecule has 1 aliphatic heterocycles. The van der Waals surface area contributed by atoms with Crippen LogP contribution in [-0.2, 0) is 0 Å². The maximum atomic E-state index is 12.2. The fraction of sp³-hybridized carbons (Fsp3) is 0.308. The van der Waals surface area contributed by atoms with Crippen molar-refractivity contribution in [2.45, 2.75) is 25.9 Å². The van der Waals surface area contributed by atoms with Gasteiger partial charge in [0.2, 0.25) is 0 Å². The van der Waals surface area contributed by atoms with Crippen molar-refractivity contribution in [2.24, 2.45) is 11.7 Å². The van der Waals surface area contributed by atoms with Crippen LogP contribution in [0.25, 0.3) is 16.0 Å². The third-order valence-electron chi connectivity index (χ3n) is 6.20. The quantitative estimate of drug-likeness (QED) is 0.333. The molecule has 2 unspecified atom stereocenters. The van der Waals surface area contributed by atoms with Gasteiger partial charge in [-0.2, -0.15) is 0 Å². The Morgan fingerprint density at radius 2 is 2.17 bits per heavy atom. The molecule has 0 saturated carbocycles. The number of hydrogen-bond donors (Lipinski definition) is 2. The van der Waals surface area contributed by atoms with Crippen LogP contribution in [0.5, 0.6) is 11.5 Å². The van der Waals surface area contributed by atoms with E-state index in [-0.39, 0.29) is 6.10 Å². The van der Waals surface area contributed by atoms with Crippen LogP contribution in [0.15, 0.2) is 54.9 Å². The molecule has 2 aromatic heterocycles. The number of nitrogens with zero attached hydrogens (tertiary/aromatic N) is 2. The molecule has 2 atom stereocenters. The Bertz CT molecular complexity index is 1350. The number of rotatable bonds is 8. The number of nitrogens with two attached hydrogens (primary N) is 1. The van der Waals surface area contributed by atoms with Crippen LogP contribution >= 0.6 is 22.9 Å². The van der Waals surface area contributed by atoms with Gasteiger partial charge in [0.25, 0.3) is 5.91 Å². The number of aromatic nitrogens is 2. The molecule has 3 heterocycles. The summed E-state index contributed by atoms with van der Waals surface area (Å²) in [5, 5.41) is 4.80. The summed E-state index contributed by atoms with van der Waals surface area (Å²) in [7, 11) is 0. The number of carbonyl (C=O) groups is 1. The molecule has 4 aromatic rings. The number of carbonyl (C=O) groups excluding carboxylic acids is 1. The maximum absolute atomic E-state index is 12.2. The average Bonchev–Trinajstić information content (AvgIpc) is 3.47. The summed E-state index contributed by atoms with van der Waals surface area (Å²) in [5.41, 5.74) is 8.23. The number of piperidine rings is 1. The third kappa shape index (κ3) is 5.15. The first kappa shape index (κ1) is 23.7. The van der Waals surface area contributed by atoms with Gasteiger partial charge in [-0.1, -0.05) is 29.8 Å². The van der Waals surface area contributed by atoms with E-state index in [9.17, 15) is 4.79 Å². The topological polar surface area (TPSA) is 91.4 Å². The van der Waals surface area contributed by atoms with Crippen LogP contribution in [-0.4, -0.2) is 35.2 Å². The Hall–Kier alpha value is -3.07. The first-order chi connectivity index (χ1) is 17.0. The molecule has 1 aliphatic rings. The van der Waals surface area contributed by atoms with Gasteiger partial charge in [-0.3, -0.25) is 9.36 Å². The van der Waals surface area contributed by atoms with E-state index < -0.39 is 5.91 Å². The number of fused-ring (bicyclic) bond motifs is 1. The average molecular weight is 511 g/mol. The number of primary amides is 1. The second kappa shape index (κ2) is 10.3. The number of ether oxygens (including phenoxy) is 2. The van der Waals surface area contributed by atoms with Crippen molar-refractivity contribution in [2.75, 3.05) is 19.7 Å². The summed E-state index contributed by atoms with van der Waals surface area (Å²) < 4.78 is 14.2. The van der Waals surface area contributed by atoms with Crippen LogP contribution in [0.2, 0.25) is 5.02 Å². The van der Waals surface area contributed by atoms with Gasteiger partial charge >= 0.3 is 0 Å². The van der Waals surface area contributed by atoms with Crippen molar-refractivity contribution >= 4 is 39.9 Å². The number of benzene rings is 2. The molecule has 0 radical (unpaired) electrons. The van der Waals surface area contributed by atoms with Crippen molar-refractivity contribution in [1.29, 1.82) is 0 Å². The molecular formula is C26H27ClN4O3S. The zero-order valence-corrected chi connectivity index (χ0v) is 20.9. The molecule has 0 aliphatic carbocycles. The molecule has 9 heteroatoms. The van der Waals surface area contributed by atoms with E-state index >= 15 is 0 Å². The van der Waals surface area contributed by atoms with Crippen molar-refractivity contribution < 1.29 is 14.3 Å². The second-order valence-corrected chi connectivity index (χ2v) is 10.2. The minimum Gasteiger partial charge on any atom is -0.493 e. The highest BCUT2D eigenvalue weighted by molar-refractivity contribution is 7.16. The van der Waals surface area contributed by atoms with Crippen molar-refractivity contribution in [3.63, 3.8) is 0 Å². The molecular weight excluding hydrogens is 484 g/mol. The third-order valence-corrected chi connectivity index (χ3v) is 7.67. The summed E-state index contributed by atoms with van der Waals surface area (Å²) in [6, 6.07) is 15.2. The van der Waals surface area contributed by atoms with E-state index in [0.717, 1.165) is 40.4 Å². The number of imidazole rings is 1. The zero-order valence-electron chi connectivity index (χ0n) is 19.4. The molecule has 35 heavy (non-hydrogen) atoms. The fourth-order valence-corrected chi connectivity index (χ4v) is 5.55. The molecule has 1 fully saturated rings. The minimum atomic E-state index is -0.544. The van der Waals surface area contributed by atoms with Crippen molar-refractivity contribution in [3.8, 4) is 16.5 Å². The Balaban J connectivity index is 1.41. The molecule has 1 amide bonds. The lowest BCUT2D eigenvalue weighted by atomic mass is 10.0. The number of amides is 1. The summed E-state index contributed by atoms with van der Waals surface area (Å²) in [6.07, 6.45) is 3.73. The summed E-state index contributed by atoms with van der Waals surface area (Å²) >= 11 is 7.60. The van der Waals surface area contributed by atoms with Crippen LogP contribution in [0.3, 0.4) is 0 Å². The number of nitrogens with one attached hydrogen (secondary N) is 1. The van der Waals surface area contributed by atoms with Gasteiger partial charge in [0.15, 0.2) is 0 Å². The Labute approximate surface area is 212 Å². The fourth-order valence-electron chi connectivity index (χ4n) is 4.33. The van der Waals surface area contributed by atoms with Crippen LogP contribution in [0, 0.1) is 5.92 Å². The maximum Gasteiger partial charge on any atom is 0.262 e. The minimum absolute atomic E-state index is 0.345. The standard InChI is InChI=1S/C26H27ClN4O3S/c1-16(19-6-2-3-7-20(19)27)34-23-12-24(35-25(23)26(28)32)31-15-30-21-9-8-18(11-22(21)31)33-14-17-5-4-10-29-13-17/h2-3,6-9,11-12,15-17,29H,4-5,10,13-14H2,1H3,(H2,28,32). The van der Waals surface area contributed by atoms with E-state index in [1.54, 1.807) is 6.33 Å².